The fourth-order valence-corrected chi connectivity index (χ4v) is 1.58. The standard InChI is InChI=1S/C12H23NO2.HI/c1-6-12(7-2,8-3)9-13-15-11(14)10(4)5;/h13H,4,6-9H2,1-3,5H3;1H. The topological polar surface area (TPSA) is 42.9 Å². The van der Waals surface area contributed by atoms with Crippen LogP contribution in [0.5, 0.6) is 0 Å². The first-order chi connectivity index (χ1) is 7.01. The van der Waals surface area contributed by atoms with Gasteiger partial charge in [0.1, 0.15) is 6.54 Å². The lowest BCUT2D eigenvalue weighted by Gasteiger charge is -2.27. The molecule has 3 nitrogen and oxygen atoms in total. The van der Waals surface area contributed by atoms with Crippen molar-refractivity contribution >= 4 is 5.97 Å². The molecule has 0 spiro atoms. The van der Waals surface area contributed by atoms with Gasteiger partial charge in [0.15, 0.2) is 0 Å². The van der Waals surface area contributed by atoms with Crippen molar-refractivity contribution in [2.75, 3.05) is 6.54 Å². The molecule has 0 fully saturated rings. The van der Waals surface area contributed by atoms with Gasteiger partial charge in [-0.2, -0.15) is 5.48 Å². The van der Waals surface area contributed by atoms with Crippen LogP contribution in [0.1, 0.15) is 47.0 Å². The van der Waals surface area contributed by atoms with Crippen LogP contribution in [0.15, 0.2) is 12.2 Å². The summed E-state index contributed by atoms with van der Waals surface area (Å²) in [5.74, 6) is -0.327. The number of carbonyl (C=O) groups excluding carboxylic acids is 1. The highest BCUT2D eigenvalue weighted by Crippen LogP contribution is 2.27. The highest BCUT2D eigenvalue weighted by Gasteiger charge is 2.27. The lowest BCUT2D eigenvalue weighted by atomic mass is 9.80. The van der Waals surface area contributed by atoms with Gasteiger partial charge in [0, 0.05) is 11.0 Å². The Hall–Kier alpha value is -0.100. The number of nitrogens with two attached hydrogens (primary N) is 1. The highest BCUT2D eigenvalue weighted by molar-refractivity contribution is 5.86. The van der Waals surface area contributed by atoms with E-state index in [0.29, 0.717) is 5.57 Å². The van der Waals surface area contributed by atoms with Gasteiger partial charge in [0.25, 0.3) is 0 Å². The van der Waals surface area contributed by atoms with Crippen molar-refractivity contribution in [2.24, 2.45) is 5.41 Å². The first-order valence-corrected chi connectivity index (χ1v) is 5.69. The maximum Gasteiger partial charge on any atom is 0.392 e. The number of rotatable bonds is 7. The number of halogens is 1. The van der Waals surface area contributed by atoms with Crippen molar-refractivity contribution in [1.29, 1.82) is 0 Å². The smallest absolute Gasteiger partial charge is 0.392 e. The molecule has 0 aromatic heterocycles. The summed E-state index contributed by atoms with van der Waals surface area (Å²) in [6, 6.07) is 0. The van der Waals surface area contributed by atoms with Crippen molar-refractivity contribution in [2.45, 2.75) is 47.0 Å². The van der Waals surface area contributed by atoms with E-state index >= 15 is 0 Å². The molecule has 0 unspecified atom stereocenters. The molecule has 0 rings (SSSR count). The quantitative estimate of drug-likeness (QED) is 0.359. The van der Waals surface area contributed by atoms with E-state index < -0.39 is 0 Å². The van der Waals surface area contributed by atoms with Crippen LogP contribution in [0.25, 0.3) is 0 Å². The van der Waals surface area contributed by atoms with E-state index in [0.717, 1.165) is 25.8 Å². The molecule has 16 heavy (non-hydrogen) atoms. The third-order valence-electron chi connectivity index (χ3n) is 3.31. The summed E-state index contributed by atoms with van der Waals surface area (Å²) >= 11 is 0. The molecular formula is C12H24INO2. The summed E-state index contributed by atoms with van der Waals surface area (Å²) in [7, 11) is 0. The summed E-state index contributed by atoms with van der Waals surface area (Å²) < 4.78 is 0. The highest BCUT2D eigenvalue weighted by atomic mass is 127. The van der Waals surface area contributed by atoms with E-state index in [2.05, 4.69) is 27.4 Å². The molecular weight excluding hydrogens is 317 g/mol. The Morgan fingerprint density at radius 3 is 2.00 bits per heavy atom. The third kappa shape index (κ3) is 5.84. The van der Waals surface area contributed by atoms with Crippen molar-refractivity contribution in [3.63, 3.8) is 0 Å². The van der Waals surface area contributed by atoms with Gasteiger partial charge in [-0.3, -0.25) is 4.84 Å². The number of hydrogen-bond donors (Lipinski definition) is 1. The molecule has 96 valence electrons. The Morgan fingerprint density at radius 1 is 1.25 bits per heavy atom. The average Bonchev–Trinajstić information content (AvgIpc) is 2.24. The zero-order valence-electron chi connectivity index (χ0n) is 10.8. The molecule has 0 aliphatic heterocycles. The molecule has 0 aromatic carbocycles. The molecule has 2 N–H and O–H groups in total. The SMILES string of the molecule is C=C(C)C(=O)O[NH2+]CC(CC)(CC)CC.[I-]. The second-order valence-electron chi connectivity index (χ2n) is 4.12. The largest absolute Gasteiger partial charge is 1.00 e. The normalized spacial score (nSPS) is 10.5. The van der Waals surface area contributed by atoms with E-state index in [9.17, 15) is 4.79 Å². The molecule has 0 atom stereocenters. The van der Waals surface area contributed by atoms with Crippen molar-refractivity contribution < 1.29 is 39.1 Å². The van der Waals surface area contributed by atoms with Gasteiger partial charge in [0.05, 0.1) is 0 Å². The first kappa shape index (κ1) is 18.3. The molecule has 0 aliphatic rings. The van der Waals surface area contributed by atoms with Gasteiger partial charge in [0.2, 0.25) is 0 Å². The van der Waals surface area contributed by atoms with Gasteiger partial charge < -0.3 is 24.0 Å². The first-order valence-electron chi connectivity index (χ1n) is 5.69. The summed E-state index contributed by atoms with van der Waals surface area (Å²) in [4.78, 5) is 16.1. The van der Waals surface area contributed by atoms with Gasteiger partial charge >= 0.3 is 5.97 Å². The van der Waals surface area contributed by atoms with Crippen LogP contribution in [-0.4, -0.2) is 12.5 Å². The Kier molecular flexibility index (Phi) is 10.3. The van der Waals surface area contributed by atoms with Crippen LogP contribution in [0.3, 0.4) is 0 Å². The maximum absolute atomic E-state index is 11.1. The molecule has 0 bridgehead atoms. The molecule has 0 heterocycles. The number of quaternary nitrogens is 1. The van der Waals surface area contributed by atoms with E-state index in [1.165, 1.54) is 0 Å². The fourth-order valence-electron chi connectivity index (χ4n) is 1.58. The lowest BCUT2D eigenvalue weighted by molar-refractivity contribution is -0.878. The molecule has 0 amide bonds. The van der Waals surface area contributed by atoms with Gasteiger partial charge in [-0.15, -0.1) is 0 Å². The van der Waals surface area contributed by atoms with Crippen LogP contribution >= 0.6 is 0 Å². The third-order valence-corrected chi connectivity index (χ3v) is 3.31. The summed E-state index contributed by atoms with van der Waals surface area (Å²) in [5, 5.41) is 0. The zero-order valence-corrected chi connectivity index (χ0v) is 13.0. The van der Waals surface area contributed by atoms with Gasteiger partial charge in [-0.25, -0.2) is 4.79 Å². The monoisotopic (exact) mass is 341 g/mol. The fraction of sp³-hybridized carbons (Fsp3) is 0.750. The number of hydroxylamine groups is 1. The molecule has 0 aromatic rings. The summed E-state index contributed by atoms with van der Waals surface area (Å²) in [6.45, 7) is 12.6. The Balaban J connectivity index is 0. The van der Waals surface area contributed by atoms with E-state index in [4.69, 9.17) is 4.84 Å². The van der Waals surface area contributed by atoms with Crippen molar-refractivity contribution in [3.8, 4) is 0 Å². The molecule has 0 saturated heterocycles. The van der Waals surface area contributed by atoms with Gasteiger partial charge in [-0.1, -0.05) is 27.4 Å². The second kappa shape index (κ2) is 8.98. The number of hydrogen-bond acceptors (Lipinski definition) is 2. The van der Waals surface area contributed by atoms with Crippen LogP contribution in [0.2, 0.25) is 0 Å². The molecule has 0 aliphatic carbocycles. The van der Waals surface area contributed by atoms with Crippen LogP contribution < -0.4 is 29.5 Å². The average molecular weight is 341 g/mol. The number of carbonyl (C=O) groups is 1. The minimum Gasteiger partial charge on any atom is -1.00 e. The van der Waals surface area contributed by atoms with Gasteiger partial charge in [-0.05, 0) is 26.2 Å². The Bertz CT molecular complexity index is 217. The minimum absolute atomic E-state index is 0. The molecule has 0 saturated carbocycles. The summed E-state index contributed by atoms with van der Waals surface area (Å²) in [6.07, 6.45) is 3.34. The van der Waals surface area contributed by atoms with Crippen molar-refractivity contribution in [1.82, 2.24) is 0 Å². The Labute approximate surface area is 116 Å². The maximum atomic E-state index is 11.1. The van der Waals surface area contributed by atoms with Crippen LogP contribution in [0.4, 0.5) is 0 Å². The van der Waals surface area contributed by atoms with E-state index in [1.807, 2.05) is 0 Å². The second-order valence-corrected chi connectivity index (χ2v) is 4.12. The predicted molar refractivity (Wildman–Crippen MR) is 61.0 cm³/mol. The lowest BCUT2D eigenvalue weighted by Crippen LogP contribution is -3.00. The van der Waals surface area contributed by atoms with Crippen LogP contribution in [0, 0.1) is 5.41 Å². The van der Waals surface area contributed by atoms with Crippen molar-refractivity contribution in [3.05, 3.63) is 12.2 Å². The summed E-state index contributed by atoms with van der Waals surface area (Å²) in [5.41, 5.74) is 2.37. The van der Waals surface area contributed by atoms with E-state index in [-0.39, 0.29) is 35.4 Å². The Morgan fingerprint density at radius 2 is 1.69 bits per heavy atom. The van der Waals surface area contributed by atoms with Crippen LogP contribution in [-0.2, 0) is 9.63 Å². The zero-order chi connectivity index (χ0) is 11.9. The predicted octanol–water partition coefficient (Wildman–Crippen LogP) is -1.20. The van der Waals surface area contributed by atoms with E-state index in [1.54, 1.807) is 12.4 Å². The minimum atomic E-state index is -0.327. The molecule has 0 radical (unpaired) electrons. The molecule has 4 heteroatoms.